The van der Waals surface area contributed by atoms with Gasteiger partial charge in [0.2, 0.25) is 0 Å². The van der Waals surface area contributed by atoms with Crippen molar-refractivity contribution in [3.05, 3.63) is 65.2 Å². The summed E-state index contributed by atoms with van der Waals surface area (Å²) in [5.74, 6) is 0.848. The first-order chi connectivity index (χ1) is 12.6. The van der Waals surface area contributed by atoms with Crippen molar-refractivity contribution < 1.29 is 24.2 Å². The molecule has 1 N–H and O–H groups in total. The van der Waals surface area contributed by atoms with Gasteiger partial charge in [-0.2, -0.15) is 11.8 Å². The van der Waals surface area contributed by atoms with Crippen LogP contribution < -0.4 is 4.74 Å². The lowest BCUT2D eigenvalue weighted by Crippen LogP contribution is -2.08. The highest BCUT2D eigenvalue weighted by Gasteiger charge is 2.18. The standard InChI is InChI=1S/C20H22O5S/c1-24-17-9-7-15(8-10-17)19(26-12-11-21)13-18(22)14-3-5-16(6-4-14)20(23)25-2/h3-10,19,21H,11-13H2,1-2H3. The van der Waals surface area contributed by atoms with E-state index >= 15 is 0 Å². The minimum atomic E-state index is -0.432. The fraction of sp³-hybridized carbons (Fsp3) is 0.300. The second-order valence-electron chi connectivity index (χ2n) is 5.55. The number of ether oxygens (including phenoxy) is 2. The largest absolute Gasteiger partial charge is 0.497 e. The van der Waals surface area contributed by atoms with Gasteiger partial charge in [0, 0.05) is 23.0 Å². The Hall–Kier alpha value is -2.31. The molecule has 0 fully saturated rings. The topological polar surface area (TPSA) is 72.8 Å². The summed E-state index contributed by atoms with van der Waals surface area (Å²) in [7, 11) is 2.92. The molecule has 0 aliphatic heterocycles. The van der Waals surface area contributed by atoms with E-state index in [0.29, 0.717) is 23.3 Å². The van der Waals surface area contributed by atoms with Crippen LogP contribution in [0.3, 0.4) is 0 Å². The van der Waals surface area contributed by atoms with Crippen molar-refractivity contribution in [2.24, 2.45) is 0 Å². The van der Waals surface area contributed by atoms with Crippen LogP contribution in [0.1, 0.15) is 38.0 Å². The van der Waals surface area contributed by atoms with E-state index in [2.05, 4.69) is 4.74 Å². The molecule has 26 heavy (non-hydrogen) atoms. The molecule has 1 atom stereocenters. The number of hydrogen-bond donors (Lipinski definition) is 1. The molecule has 0 saturated carbocycles. The summed E-state index contributed by atoms with van der Waals surface area (Å²) in [6, 6.07) is 14.0. The van der Waals surface area contributed by atoms with Gasteiger partial charge in [-0.15, -0.1) is 0 Å². The van der Waals surface area contributed by atoms with Crippen LogP contribution >= 0.6 is 11.8 Å². The number of aliphatic hydroxyl groups is 1. The molecular formula is C20H22O5S. The van der Waals surface area contributed by atoms with Crippen molar-refractivity contribution in [2.75, 3.05) is 26.6 Å². The summed E-state index contributed by atoms with van der Waals surface area (Å²) in [6.07, 6.45) is 0.300. The van der Waals surface area contributed by atoms with Gasteiger partial charge < -0.3 is 14.6 Å². The third kappa shape index (κ3) is 5.34. The highest BCUT2D eigenvalue weighted by Crippen LogP contribution is 2.34. The fourth-order valence-electron chi connectivity index (χ4n) is 2.48. The number of aliphatic hydroxyl groups excluding tert-OH is 1. The van der Waals surface area contributed by atoms with Crippen LogP contribution in [0.4, 0.5) is 0 Å². The Bertz CT molecular complexity index is 725. The summed E-state index contributed by atoms with van der Waals surface area (Å²) >= 11 is 1.54. The molecule has 0 amide bonds. The average Bonchev–Trinajstić information content (AvgIpc) is 2.70. The van der Waals surface area contributed by atoms with Crippen molar-refractivity contribution in [1.29, 1.82) is 0 Å². The lowest BCUT2D eigenvalue weighted by Gasteiger charge is -2.16. The van der Waals surface area contributed by atoms with E-state index in [-0.39, 0.29) is 17.6 Å². The molecule has 0 bridgehead atoms. The molecule has 5 nitrogen and oxygen atoms in total. The number of rotatable bonds is 9. The minimum absolute atomic E-state index is 0.0207. The average molecular weight is 374 g/mol. The van der Waals surface area contributed by atoms with E-state index < -0.39 is 5.97 Å². The normalized spacial score (nSPS) is 11.7. The minimum Gasteiger partial charge on any atom is -0.497 e. The van der Waals surface area contributed by atoms with Gasteiger partial charge in [-0.3, -0.25) is 4.79 Å². The van der Waals surface area contributed by atoms with E-state index in [4.69, 9.17) is 9.84 Å². The summed E-state index contributed by atoms with van der Waals surface area (Å²) in [6.45, 7) is 0.0549. The lowest BCUT2D eigenvalue weighted by molar-refractivity contribution is 0.0600. The molecule has 2 rings (SSSR count). The van der Waals surface area contributed by atoms with Crippen LogP contribution in [0.2, 0.25) is 0 Å². The number of methoxy groups -OCH3 is 2. The molecular weight excluding hydrogens is 352 g/mol. The Labute approximate surface area is 157 Å². The molecule has 2 aromatic rings. The lowest BCUT2D eigenvalue weighted by atomic mass is 10.0. The number of Topliss-reactive ketones (excluding diaryl/α,β-unsaturated/α-hetero) is 1. The quantitative estimate of drug-likeness (QED) is 0.535. The second kappa shape index (κ2) is 9.99. The predicted octanol–water partition coefficient (Wildman–Crippen LogP) is 3.52. The van der Waals surface area contributed by atoms with Crippen molar-refractivity contribution in [3.8, 4) is 5.75 Å². The first-order valence-corrected chi connectivity index (χ1v) is 9.22. The molecule has 0 saturated heterocycles. The Morgan fingerprint density at radius 2 is 1.62 bits per heavy atom. The van der Waals surface area contributed by atoms with Gasteiger partial charge in [-0.05, 0) is 29.8 Å². The summed E-state index contributed by atoms with van der Waals surface area (Å²) in [5.41, 5.74) is 1.95. The monoisotopic (exact) mass is 374 g/mol. The van der Waals surface area contributed by atoms with Gasteiger partial charge in [0.15, 0.2) is 5.78 Å². The second-order valence-corrected chi connectivity index (χ2v) is 6.86. The Morgan fingerprint density at radius 1 is 1.00 bits per heavy atom. The highest BCUT2D eigenvalue weighted by molar-refractivity contribution is 7.99. The molecule has 0 aromatic heterocycles. The SMILES string of the molecule is COC(=O)c1ccc(C(=O)CC(SCCO)c2ccc(OC)cc2)cc1. The van der Waals surface area contributed by atoms with Gasteiger partial charge in [0.05, 0.1) is 26.4 Å². The highest BCUT2D eigenvalue weighted by atomic mass is 32.2. The van der Waals surface area contributed by atoms with Crippen LogP contribution in [0, 0.1) is 0 Å². The van der Waals surface area contributed by atoms with Crippen molar-refractivity contribution in [2.45, 2.75) is 11.7 Å². The summed E-state index contributed by atoms with van der Waals surface area (Å²) < 4.78 is 9.83. The van der Waals surface area contributed by atoms with Crippen LogP contribution in [0.25, 0.3) is 0 Å². The smallest absolute Gasteiger partial charge is 0.337 e. The van der Waals surface area contributed by atoms with Crippen LogP contribution in [-0.4, -0.2) is 43.4 Å². The number of thioether (sulfide) groups is 1. The molecule has 2 aromatic carbocycles. The predicted molar refractivity (Wildman–Crippen MR) is 102 cm³/mol. The van der Waals surface area contributed by atoms with Crippen LogP contribution in [0.15, 0.2) is 48.5 Å². The third-order valence-electron chi connectivity index (χ3n) is 3.90. The van der Waals surface area contributed by atoms with Crippen LogP contribution in [-0.2, 0) is 4.74 Å². The molecule has 0 spiro atoms. The zero-order valence-electron chi connectivity index (χ0n) is 14.8. The Morgan fingerprint density at radius 3 is 2.15 bits per heavy atom. The number of esters is 1. The van der Waals surface area contributed by atoms with E-state index in [1.807, 2.05) is 24.3 Å². The zero-order valence-corrected chi connectivity index (χ0v) is 15.6. The molecule has 6 heteroatoms. The molecule has 0 aliphatic carbocycles. The molecule has 138 valence electrons. The number of ketones is 1. The van der Waals surface area contributed by atoms with Crippen LogP contribution in [0.5, 0.6) is 5.75 Å². The maximum Gasteiger partial charge on any atom is 0.337 e. The van der Waals surface area contributed by atoms with Crippen molar-refractivity contribution in [3.63, 3.8) is 0 Å². The number of benzene rings is 2. The van der Waals surface area contributed by atoms with Gasteiger partial charge in [-0.1, -0.05) is 24.3 Å². The van der Waals surface area contributed by atoms with Gasteiger partial charge in [0.25, 0.3) is 0 Å². The van der Waals surface area contributed by atoms with Gasteiger partial charge >= 0.3 is 5.97 Å². The Balaban J connectivity index is 2.13. The summed E-state index contributed by atoms with van der Waals surface area (Å²) in [4.78, 5) is 24.1. The third-order valence-corrected chi connectivity index (χ3v) is 5.16. The zero-order chi connectivity index (χ0) is 18.9. The van der Waals surface area contributed by atoms with E-state index in [1.165, 1.54) is 18.9 Å². The van der Waals surface area contributed by atoms with Gasteiger partial charge in [-0.25, -0.2) is 4.79 Å². The van der Waals surface area contributed by atoms with Gasteiger partial charge in [0.1, 0.15) is 5.75 Å². The maximum atomic E-state index is 12.6. The Kier molecular flexibility index (Phi) is 7.69. The first kappa shape index (κ1) is 20.0. The van der Waals surface area contributed by atoms with E-state index in [9.17, 15) is 9.59 Å². The number of hydrogen-bond acceptors (Lipinski definition) is 6. The molecule has 0 heterocycles. The number of carbonyl (C=O) groups excluding carboxylic acids is 2. The molecule has 0 radical (unpaired) electrons. The summed E-state index contributed by atoms with van der Waals surface area (Å²) in [5, 5.41) is 9.06. The van der Waals surface area contributed by atoms with E-state index in [1.54, 1.807) is 31.4 Å². The molecule has 0 aliphatic rings. The fourth-order valence-corrected chi connectivity index (χ4v) is 3.49. The van der Waals surface area contributed by atoms with E-state index in [0.717, 1.165) is 11.3 Å². The van der Waals surface area contributed by atoms with Crippen molar-refractivity contribution in [1.82, 2.24) is 0 Å². The molecule has 1 unspecified atom stereocenters. The number of carbonyl (C=O) groups is 2. The first-order valence-electron chi connectivity index (χ1n) is 8.17. The van der Waals surface area contributed by atoms with Crippen molar-refractivity contribution >= 4 is 23.5 Å². The maximum absolute atomic E-state index is 12.6.